The van der Waals surface area contributed by atoms with Crippen molar-refractivity contribution in [3.05, 3.63) is 45.3 Å². The highest BCUT2D eigenvalue weighted by Gasteiger charge is 2.31. The highest BCUT2D eigenvalue weighted by atomic mass is 32.2. The largest absolute Gasteiger partial charge is 0.301 e. The molecule has 1 N–H and O–H groups in total. The molecule has 1 aliphatic rings. The molecule has 2 amide bonds. The van der Waals surface area contributed by atoms with Crippen LogP contribution >= 0.6 is 35.3 Å². The van der Waals surface area contributed by atoms with Gasteiger partial charge in [0.05, 0.1) is 4.91 Å². The Labute approximate surface area is 202 Å². The Balaban J connectivity index is 1.37. The molecule has 0 saturated carbocycles. The van der Waals surface area contributed by atoms with Crippen molar-refractivity contribution in [2.24, 2.45) is 0 Å². The van der Waals surface area contributed by atoms with E-state index in [0.717, 1.165) is 49.1 Å². The van der Waals surface area contributed by atoms with Crippen LogP contribution in [0.4, 0.5) is 5.13 Å². The van der Waals surface area contributed by atoms with Gasteiger partial charge in [0.15, 0.2) is 0 Å². The number of hydrogen-bond donors (Lipinski definition) is 1. The maximum absolute atomic E-state index is 12.7. The molecule has 2 aromatic rings. The van der Waals surface area contributed by atoms with E-state index in [1.165, 1.54) is 28.7 Å². The van der Waals surface area contributed by atoms with E-state index in [1.807, 2.05) is 37.3 Å². The number of thioether (sulfide) groups is 1. The normalized spacial score (nSPS) is 15.1. The van der Waals surface area contributed by atoms with Crippen molar-refractivity contribution >= 4 is 62.7 Å². The van der Waals surface area contributed by atoms with Gasteiger partial charge in [0.1, 0.15) is 9.33 Å². The number of carbonyl (C=O) groups is 2. The van der Waals surface area contributed by atoms with Crippen LogP contribution in [-0.4, -0.2) is 37.8 Å². The summed E-state index contributed by atoms with van der Waals surface area (Å²) in [6.45, 7) is 4.75. The fourth-order valence-electron chi connectivity index (χ4n) is 3.15. The van der Waals surface area contributed by atoms with Gasteiger partial charge in [-0.05, 0) is 37.8 Å². The van der Waals surface area contributed by atoms with Crippen molar-refractivity contribution in [3.63, 3.8) is 0 Å². The average Bonchev–Trinajstić information content (AvgIpc) is 3.32. The number of aryl methyl sites for hydroxylation is 2. The first kappa shape index (κ1) is 24.5. The van der Waals surface area contributed by atoms with E-state index in [9.17, 15) is 9.59 Å². The third-order valence-electron chi connectivity index (χ3n) is 4.99. The third-order valence-corrected chi connectivity index (χ3v) is 7.27. The van der Waals surface area contributed by atoms with Crippen LogP contribution in [0.1, 0.15) is 61.6 Å². The predicted octanol–water partition coefficient (Wildman–Crippen LogP) is 5.59. The fraction of sp³-hybridized carbons (Fsp3) is 0.435. The van der Waals surface area contributed by atoms with Crippen LogP contribution in [0.5, 0.6) is 0 Å². The molecule has 0 unspecified atom stereocenters. The summed E-state index contributed by atoms with van der Waals surface area (Å²) in [5.41, 5.74) is 2.18. The lowest BCUT2D eigenvalue weighted by Gasteiger charge is -2.14. The highest BCUT2D eigenvalue weighted by molar-refractivity contribution is 8.26. The lowest BCUT2D eigenvalue weighted by atomic mass is 10.1. The Morgan fingerprint density at radius 1 is 1.16 bits per heavy atom. The van der Waals surface area contributed by atoms with Crippen LogP contribution in [0, 0.1) is 6.92 Å². The SMILES string of the molecule is CCCCc1nnc(NC(=O)CCCCCN2C(=O)/C(=C/c3ccc(C)cc3)SC2=S)s1. The molecule has 0 aliphatic carbocycles. The number of nitrogens with zero attached hydrogens (tertiary/aromatic N) is 3. The van der Waals surface area contributed by atoms with Gasteiger partial charge in [-0.2, -0.15) is 0 Å². The summed E-state index contributed by atoms with van der Waals surface area (Å²) >= 11 is 8.20. The van der Waals surface area contributed by atoms with Crippen LogP contribution in [0.2, 0.25) is 0 Å². The molecule has 3 rings (SSSR count). The van der Waals surface area contributed by atoms with Crippen LogP contribution < -0.4 is 5.32 Å². The van der Waals surface area contributed by atoms with E-state index in [4.69, 9.17) is 12.2 Å². The third kappa shape index (κ3) is 7.21. The molecule has 6 nitrogen and oxygen atoms in total. The predicted molar refractivity (Wildman–Crippen MR) is 137 cm³/mol. The van der Waals surface area contributed by atoms with Gasteiger partial charge in [0.25, 0.3) is 5.91 Å². The number of benzene rings is 1. The number of anilines is 1. The molecule has 0 spiro atoms. The van der Waals surface area contributed by atoms with E-state index in [2.05, 4.69) is 22.4 Å². The van der Waals surface area contributed by atoms with Crippen LogP contribution in [-0.2, 0) is 16.0 Å². The first-order chi connectivity index (χ1) is 15.5. The molecule has 0 radical (unpaired) electrons. The molecule has 1 fully saturated rings. The fourth-order valence-corrected chi connectivity index (χ4v) is 5.26. The Morgan fingerprint density at radius 2 is 1.94 bits per heavy atom. The van der Waals surface area contributed by atoms with Crippen molar-refractivity contribution in [1.82, 2.24) is 15.1 Å². The summed E-state index contributed by atoms with van der Waals surface area (Å²) < 4.78 is 0.598. The number of aromatic nitrogens is 2. The molecule has 1 aromatic heterocycles. The molecule has 9 heteroatoms. The van der Waals surface area contributed by atoms with Gasteiger partial charge >= 0.3 is 0 Å². The number of thiocarbonyl (C=S) groups is 1. The smallest absolute Gasteiger partial charge is 0.266 e. The number of amides is 2. The molecule has 1 saturated heterocycles. The van der Waals surface area contributed by atoms with Crippen molar-refractivity contribution < 1.29 is 9.59 Å². The molecule has 1 aromatic carbocycles. The van der Waals surface area contributed by atoms with Gasteiger partial charge in [-0.1, -0.05) is 84.9 Å². The first-order valence-corrected chi connectivity index (χ1v) is 12.9. The number of hydrogen-bond acceptors (Lipinski definition) is 7. The molecule has 170 valence electrons. The Kier molecular flexibility index (Phi) is 9.37. The molecule has 2 heterocycles. The van der Waals surface area contributed by atoms with Crippen molar-refractivity contribution in [2.45, 2.75) is 58.8 Å². The zero-order valence-electron chi connectivity index (χ0n) is 18.4. The van der Waals surface area contributed by atoms with E-state index < -0.39 is 0 Å². The van der Waals surface area contributed by atoms with Gasteiger partial charge in [0.2, 0.25) is 11.0 Å². The molecule has 1 aliphatic heterocycles. The van der Waals surface area contributed by atoms with Gasteiger partial charge in [0, 0.05) is 19.4 Å². The minimum absolute atomic E-state index is 0.0338. The summed E-state index contributed by atoms with van der Waals surface area (Å²) in [5, 5.41) is 12.5. The summed E-state index contributed by atoms with van der Waals surface area (Å²) in [4.78, 5) is 27.2. The highest BCUT2D eigenvalue weighted by Crippen LogP contribution is 2.32. The maximum Gasteiger partial charge on any atom is 0.266 e. The average molecular weight is 489 g/mol. The van der Waals surface area contributed by atoms with Crippen molar-refractivity contribution in [2.75, 3.05) is 11.9 Å². The van der Waals surface area contributed by atoms with E-state index in [-0.39, 0.29) is 11.8 Å². The minimum atomic E-state index is -0.0464. The molecule has 0 atom stereocenters. The second-order valence-electron chi connectivity index (χ2n) is 7.71. The first-order valence-electron chi connectivity index (χ1n) is 10.9. The second-order valence-corrected chi connectivity index (χ2v) is 10.4. The van der Waals surface area contributed by atoms with Gasteiger partial charge in [-0.15, -0.1) is 10.2 Å². The number of rotatable bonds is 11. The quantitative estimate of drug-likeness (QED) is 0.252. The van der Waals surface area contributed by atoms with Gasteiger partial charge in [-0.25, -0.2) is 0 Å². The Morgan fingerprint density at radius 3 is 2.69 bits per heavy atom. The van der Waals surface area contributed by atoms with Crippen molar-refractivity contribution in [1.29, 1.82) is 0 Å². The van der Waals surface area contributed by atoms with Crippen LogP contribution in [0.25, 0.3) is 6.08 Å². The summed E-state index contributed by atoms with van der Waals surface area (Å²) in [7, 11) is 0. The number of unbranched alkanes of at least 4 members (excludes halogenated alkanes) is 3. The minimum Gasteiger partial charge on any atom is -0.301 e. The molecular formula is C23H28N4O2S3. The van der Waals surface area contributed by atoms with E-state index in [1.54, 1.807) is 4.90 Å². The number of carbonyl (C=O) groups excluding carboxylic acids is 2. The summed E-state index contributed by atoms with van der Waals surface area (Å²) in [6.07, 6.45) is 7.81. The zero-order chi connectivity index (χ0) is 22.9. The molecule has 0 bridgehead atoms. The van der Waals surface area contributed by atoms with Crippen LogP contribution in [0.3, 0.4) is 0 Å². The van der Waals surface area contributed by atoms with E-state index in [0.29, 0.717) is 27.3 Å². The van der Waals surface area contributed by atoms with Crippen molar-refractivity contribution in [3.8, 4) is 0 Å². The Hall–Kier alpha value is -2.10. The zero-order valence-corrected chi connectivity index (χ0v) is 20.9. The lowest BCUT2D eigenvalue weighted by Crippen LogP contribution is -2.29. The van der Waals surface area contributed by atoms with Gasteiger partial charge < -0.3 is 5.32 Å². The summed E-state index contributed by atoms with van der Waals surface area (Å²) in [5.74, 6) is -0.0803. The molecular weight excluding hydrogens is 460 g/mol. The Bertz CT molecular complexity index is 985. The maximum atomic E-state index is 12.7. The lowest BCUT2D eigenvalue weighted by molar-refractivity contribution is -0.122. The van der Waals surface area contributed by atoms with Crippen LogP contribution in [0.15, 0.2) is 29.2 Å². The number of nitrogens with one attached hydrogen (secondary N) is 1. The molecule has 32 heavy (non-hydrogen) atoms. The standard InChI is InChI=1S/C23H28N4O2S3/c1-3-4-9-20-25-26-22(32-20)24-19(28)8-6-5-7-14-27-21(29)18(31-23(27)30)15-17-12-10-16(2)11-13-17/h10-13,15H,3-9,14H2,1-2H3,(H,24,26,28)/b18-15-. The monoisotopic (exact) mass is 488 g/mol. The second kappa shape index (κ2) is 12.2. The topological polar surface area (TPSA) is 75.2 Å². The van der Waals surface area contributed by atoms with Gasteiger partial charge in [-0.3, -0.25) is 14.5 Å². The summed E-state index contributed by atoms with van der Waals surface area (Å²) in [6, 6.07) is 8.06. The van der Waals surface area contributed by atoms with E-state index >= 15 is 0 Å².